The van der Waals surface area contributed by atoms with Crippen LogP contribution in [0.15, 0.2) is 29.2 Å². The van der Waals surface area contributed by atoms with Crippen LogP contribution in [0.25, 0.3) is 0 Å². The lowest BCUT2D eigenvalue weighted by Crippen LogP contribution is -2.42. The van der Waals surface area contributed by atoms with Crippen molar-refractivity contribution >= 4 is 17.7 Å². The van der Waals surface area contributed by atoms with Gasteiger partial charge >= 0.3 is 0 Å². The minimum Gasteiger partial charge on any atom is -0.350 e. The standard InChI is InChI=1S/C17H23NO3S/c1-13-4-2-3-5-15(13)22-12-16(19)18-8-6-14(7-9-18)17-20-10-11-21-17/h2-5,14,17H,6-12H2,1H3. The molecule has 120 valence electrons. The molecule has 5 heteroatoms. The van der Waals surface area contributed by atoms with Gasteiger partial charge in [-0.15, -0.1) is 11.8 Å². The van der Waals surface area contributed by atoms with E-state index in [9.17, 15) is 4.79 Å². The third-order valence-electron chi connectivity index (χ3n) is 4.37. The zero-order chi connectivity index (χ0) is 15.4. The molecule has 1 amide bonds. The van der Waals surface area contributed by atoms with Crippen LogP contribution in [0.1, 0.15) is 18.4 Å². The van der Waals surface area contributed by atoms with Gasteiger partial charge in [0.05, 0.1) is 19.0 Å². The number of hydrogen-bond acceptors (Lipinski definition) is 4. The number of hydrogen-bond donors (Lipinski definition) is 0. The molecule has 2 fully saturated rings. The lowest BCUT2D eigenvalue weighted by atomic mass is 9.96. The average Bonchev–Trinajstić information content (AvgIpc) is 3.08. The summed E-state index contributed by atoms with van der Waals surface area (Å²) in [7, 11) is 0. The zero-order valence-electron chi connectivity index (χ0n) is 13.0. The number of carbonyl (C=O) groups is 1. The summed E-state index contributed by atoms with van der Waals surface area (Å²) in [6.07, 6.45) is 1.91. The van der Waals surface area contributed by atoms with Gasteiger partial charge in [-0.3, -0.25) is 4.79 Å². The van der Waals surface area contributed by atoms with Crippen molar-refractivity contribution in [2.75, 3.05) is 32.1 Å². The fraction of sp³-hybridized carbons (Fsp3) is 0.588. The molecule has 2 aliphatic rings. The van der Waals surface area contributed by atoms with Gasteiger partial charge in [-0.2, -0.15) is 0 Å². The van der Waals surface area contributed by atoms with Gasteiger partial charge in [0.1, 0.15) is 0 Å². The lowest BCUT2D eigenvalue weighted by molar-refractivity contribution is -0.134. The fourth-order valence-corrected chi connectivity index (χ4v) is 3.95. The summed E-state index contributed by atoms with van der Waals surface area (Å²) in [5.41, 5.74) is 1.23. The van der Waals surface area contributed by atoms with E-state index < -0.39 is 0 Å². The second-order valence-corrected chi connectivity index (χ2v) is 6.90. The van der Waals surface area contributed by atoms with Gasteiger partial charge in [0.2, 0.25) is 5.91 Å². The summed E-state index contributed by atoms with van der Waals surface area (Å²) >= 11 is 1.63. The predicted molar refractivity (Wildman–Crippen MR) is 86.9 cm³/mol. The number of rotatable bonds is 4. The van der Waals surface area contributed by atoms with E-state index in [4.69, 9.17) is 9.47 Å². The number of thioether (sulfide) groups is 1. The Kier molecular flexibility index (Phi) is 5.39. The molecule has 2 aliphatic heterocycles. The highest BCUT2D eigenvalue weighted by Gasteiger charge is 2.31. The van der Waals surface area contributed by atoms with E-state index in [1.807, 2.05) is 17.0 Å². The Morgan fingerprint density at radius 3 is 2.59 bits per heavy atom. The maximum Gasteiger partial charge on any atom is 0.232 e. The highest BCUT2D eigenvalue weighted by molar-refractivity contribution is 8.00. The first-order valence-corrected chi connectivity index (χ1v) is 8.92. The largest absolute Gasteiger partial charge is 0.350 e. The summed E-state index contributed by atoms with van der Waals surface area (Å²) in [6, 6.07) is 8.21. The number of nitrogens with zero attached hydrogens (tertiary/aromatic N) is 1. The number of aryl methyl sites for hydroxylation is 1. The van der Waals surface area contributed by atoms with Crippen molar-refractivity contribution in [3.8, 4) is 0 Å². The third kappa shape index (κ3) is 3.83. The second-order valence-electron chi connectivity index (χ2n) is 5.88. The molecule has 2 heterocycles. The average molecular weight is 321 g/mol. The third-order valence-corrected chi connectivity index (χ3v) is 5.53. The molecule has 0 N–H and O–H groups in total. The molecule has 4 nitrogen and oxygen atoms in total. The van der Waals surface area contributed by atoms with Crippen molar-refractivity contribution in [1.82, 2.24) is 4.90 Å². The normalized spacial score (nSPS) is 20.5. The Hall–Kier alpha value is -1.04. The molecular weight excluding hydrogens is 298 g/mol. The van der Waals surface area contributed by atoms with Gasteiger partial charge in [0.25, 0.3) is 0 Å². The Morgan fingerprint density at radius 2 is 1.91 bits per heavy atom. The molecule has 1 aromatic rings. The van der Waals surface area contributed by atoms with Gasteiger partial charge in [0, 0.05) is 23.9 Å². The van der Waals surface area contributed by atoms with Crippen LogP contribution in [0.3, 0.4) is 0 Å². The molecule has 2 saturated heterocycles. The highest BCUT2D eigenvalue weighted by atomic mass is 32.2. The van der Waals surface area contributed by atoms with E-state index in [0.717, 1.165) is 25.9 Å². The SMILES string of the molecule is Cc1ccccc1SCC(=O)N1CCC(C2OCCO2)CC1. The number of carbonyl (C=O) groups excluding carboxylic acids is 1. The molecule has 0 bridgehead atoms. The predicted octanol–water partition coefficient (Wildman–Crippen LogP) is 2.70. The summed E-state index contributed by atoms with van der Waals surface area (Å²) < 4.78 is 11.2. The smallest absolute Gasteiger partial charge is 0.232 e. The van der Waals surface area contributed by atoms with Crippen LogP contribution in [0.5, 0.6) is 0 Å². The molecule has 0 aromatic heterocycles. The molecular formula is C17H23NO3S. The van der Waals surface area contributed by atoms with Crippen LogP contribution in [-0.2, 0) is 14.3 Å². The van der Waals surface area contributed by atoms with Gasteiger partial charge in [-0.25, -0.2) is 0 Å². The first kappa shape index (κ1) is 15.8. The van der Waals surface area contributed by atoms with E-state index in [2.05, 4.69) is 19.1 Å². The summed E-state index contributed by atoms with van der Waals surface area (Å²) in [5.74, 6) is 1.20. The number of likely N-dealkylation sites (tertiary alicyclic amines) is 1. The van der Waals surface area contributed by atoms with Gasteiger partial charge in [-0.1, -0.05) is 18.2 Å². The molecule has 0 unspecified atom stereocenters. The number of ether oxygens (including phenoxy) is 2. The zero-order valence-corrected chi connectivity index (χ0v) is 13.8. The van der Waals surface area contributed by atoms with Crippen LogP contribution >= 0.6 is 11.8 Å². The van der Waals surface area contributed by atoms with Gasteiger partial charge in [-0.05, 0) is 31.4 Å². The van der Waals surface area contributed by atoms with Crippen molar-refractivity contribution in [2.24, 2.45) is 5.92 Å². The molecule has 3 rings (SSSR count). The summed E-state index contributed by atoms with van der Waals surface area (Å²) in [6.45, 7) is 5.13. The minimum atomic E-state index is -0.0430. The van der Waals surface area contributed by atoms with E-state index in [0.29, 0.717) is 24.9 Å². The van der Waals surface area contributed by atoms with Crippen LogP contribution in [0.2, 0.25) is 0 Å². The Balaban J connectivity index is 1.45. The first-order chi connectivity index (χ1) is 10.7. The molecule has 0 aliphatic carbocycles. The van der Waals surface area contributed by atoms with Crippen molar-refractivity contribution in [1.29, 1.82) is 0 Å². The van der Waals surface area contributed by atoms with E-state index in [1.165, 1.54) is 10.5 Å². The highest BCUT2D eigenvalue weighted by Crippen LogP contribution is 2.27. The molecule has 1 aromatic carbocycles. The molecule has 0 radical (unpaired) electrons. The quantitative estimate of drug-likeness (QED) is 0.799. The van der Waals surface area contributed by atoms with Crippen molar-refractivity contribution < 1.29 is 14.3 Å². The number of piperidine rings is 1. The van der Waals surface area contributed by atoms with Crippen molar-refractivity contribution in [3.05, 3.63) is 29.8 Å². The van der Waals surface area contributed by atoms with E-state index >= 15 is 0 Å². The molecule has 0 spiro atoms. The maximum atomic E-state index is 12.4. The van der Waals surface area contributed by atoms with Crippen molar-refractivity contribution in [3.63, 3.8) is 0 Å². The van der Waals surface area contributed by atoms with Crippen LogP contribution in [0.4, 0.5) is 0 Å². The second kappa shape index (κ2) is 7.49. The minimum absolute atomic E-state index is 0.0430. The molecule has 22 heavy (non-hydrogen) atoms. The number of benzene rings is 1. The maximum absolute atomic E-state index is 12.4. The topological polar surface area (TPSA) is 38.8 Å². The Labute approximate surface area is 136 Å². The molecule has 0 atom stereocenters. The van der Waals surface area contributed by atoms with Crippen LogP contribution < -0.4 is 0 Å². The fourth-order valence-electron chi connectivity index (χ4n) is 3.02. The Bertz CT molecular complexity index is 508. The Morgan fingerprint density at radius 1 is 1.23 bits per heavy atom. The van der Waals surface area contributed by atoms with Gasteiger partial charge < -0.3 is 14.4 Å². The first-order valence-electron chi connectivity index (χ1n) is 7.93. The van der Waals surface area contributed by atoms with Crippen LogP contribution in [-0.4, -0.2) is 49.2 Å². The summed E-state index contributed by atoms with van der Waals surface area (Å²) in [5, 5.41) is 0. The van der Waals surface area contributed by atoms with E-state index in [-0.39, 0.29) is 12.2 Å². The summed E-state index contributed by atoms with van der Waals surface area (Å²) in [4.78, 5) is 15.5. The molecule has 0 saturated carbocycles. The van der Waals surface area contributed by atoms with Crippen LogP contribution in [0, 0.1) is 12.8 Å². The van der Waals surface area contributed by atoms with E-state index in [1.54, 1.807) is 11.8 Å². The lowest BCUT2D eigenvalue weighted by Gasteiger charge is -2.33. The number of amides is 1. The van der Waals surface area contributed by atoms with Gasteiger partial charge in [0.15, 0.2) is 6.29 Å². The monoisotopic (exact) mass is 321 g/mol. The van der Waals surface area contributed by atoms with Crippen molar-refractivity contribution in [2.45, 2.75) is 31.0 Å².